The predicted molar refractivity (Wildman–Crippen MR) is 75.9 cm³/mol. The number of fused-ring (bicyclic) bond motifs is 1. The van der Waals surface area contributed by atoms with E-state index in [1.165, 1.54) is 0 Å². The summed E-state index contributed by atoms with van der Waals surface area (Å²) in [5.74, 6) is -0.918. The van der Waals surface area contributed by atoms with Crippen molar-refractivity contribution in [2.75, 3.05) is 6.54 Å². The summed E-state index contributed by atoms with van der Waals surface area (Å²) in [5.41, 5.74) is 1.41. The third kappa shape index (κ3) is 2.32. The summed E-state index contributed by atoms with van der Waals surface area (Å²) < 4.78 is 1.62. The summed E-state index contributed by atoms with van der Waals surface area (Å²) in [6.07, 6.45) is 3.39. The second-order valence-corrected chi connectivity index (χ2v) is 6.19. The van der Waals surface area contributed by atoms with Crippen molar-refractivity contribution in [3.8, 4) is 0 Å². The van der Waals surface area contributed by atoms with Gasteiger partial charge in [0.05, 0.1) is 11.6 Å². The van der Waals surface area contributed by atoms with Gasteiger partial charge in [-0.15, -0.1) is 0 Å². The van der Waals surface area contributed by atoms with E-state index in [0.29, 0.717) is 18.7 Å². The predicted octanol–water partition coefficient (Wildman–Crippen LogP) is 1.44. The fourth-order valence-corrected chi connectivity index (χ4v) is 4.00. The molecule has 1 aromatic heterocycles. The smallest absolute Gasteiger partial charge is 0.306 e. The molecule has 0 aromatic carbocycles. The molecule has 1 saturated carbocycles. The van der Waals surface area contributed by atoms with E-state index in [0.717, 1.165) is 25.0 Å². The second kappa shape index (κ2) is 5.16. The first-order chi connectivity index (χ1) is 9.99. The lowest BCUT2D eigenvalue weighted by atomic mass is 9.81. The SMILES string of the molecule is Cc1cc(C(=O)N2CCC(C(=O)O)C3CCCC32)n(C)n1. The topological polar surface area (TPSA) is 75.4 Å². The number of rotatable bonds is 2. The summed E-state index contributed by atoms with van der Waals surface area (Å²) >= 11 is 0. The number of hydrogen-bond donors (Lipinski definition) is 1. The average Bonchev–Trinajstić information content (AvgIpc) is 3.03. The summed E-state index contributed by atoms with van der Waals surface area (Å²) in [6.45, 7) is 2.40. The van der Waals surface area contributed by atoms with Crippen LogP contribution in [0.4, 0.5) is 0 Å². The Morgan fingerprint density at radius 2 is 2.10 bits per heavy atom. The third-order valence-corrected chi connectivity index (χ3v) is 4.93. The molecule has 0 spiro atoms. The minimum absolute atomic E-state index is 0.0150. The van der Waals surface area contributed by atoms with Crippen LogP contribution in [0.15, 0.2) is 6.07 Å². The molecule has 6 heteroatoms. The first-order valence-corrected chi connectivity index (χ1v) is 7.53. The highest BCUT2D eigenvalue weighted by atomic mass is 16.4. The highest BCUT2D eigenvalue weighted by Gasteiger charge is 2.45. The van der Waals surface area contributed by atoms with E-state index >= 15 is 0 Å². The van der Waals surface area contributed by atoms with Crippen molar-refractivity contribution < 1.29 is 14.7 Å². The number of hydrogen-bond acceptors (Lipinski definition) is 3. The molecule has 0 radical (unpaired) electrons. The normalized spacial score (nSPS) is 28.5. The van der Waals surface area contributed by atoms with Crippen LogP contribution >= 0.6 is 0 Å². The van der Waals surface area contributed by atoms with Crippen LogP contribution in [0.2, 0.25) is 0 Å². The molecule has 1 N–H and O–H groups in total. The molecule has 6 nitrogen and oxygen atoms in total. The number of amides is 1. The monoisotopic (exact) mass is 291 g/mol. The highest BCUT2D eigenvalue weighted by molar-refractivity contribution is 5.93. The Balaban J connectivity index is 1.85. The maximum absolute atomic E-state index is 12.8. The van der Waals surface area contributed by atoms with Gasteiger partial charge in [0.25, 0.3) is 5.91 Å². The Morgan fingerprint density at radius 1 is 1.33 bits per heavy atom. The van der Waals surface area contributed by atoms with Crippen molar-refractivity contribution in [3.05, 3.63) is 17.5 Å². The van der Waals surface area contributed by atoms with Gasteiger partial charge < -0.3 is 10.0 Å². The van der Waals surface area contributed by atoms with Gasteiger partial charge in [0.2, 0.25) is 0 Å². The number of likely N-dealkylation sites (tertiary alicyclic amines) is 1. The van der Waals surface area contributed by atoms with Gasteiger partial charge in [-0.25, -0.2) is 0 Å². The lowest BCUT2D eigenvalue weighted by molar-refractivity contribution is -0.146. The Hall–Kier alpha value is -1.85. The first-order valence-electron chi connectivity index (χ1n) is 7.53. The van der Waals surface area contributed by atoms with Gasteiger partial charge >= 0.3 is 5.97 Å². The zero-order chi connectivity index (χ0) is 15.1. The van der Waals surface area contributed by atoms with E-state index in [1.807, 2.05) is 11.8 Å². The molecule has 3 atom stereocenters. The lowest BCUT2D eigenvalue weighted by Crippen LogP contribution is -2.51. The molecule has 3 rings (SSSR count). The number of piperidine rings is 1. The number of carboxylic acids is 1. The minimum Gasteiger partial charge on any atom is -0.481 e. The summed E-state index contributed by atoms with van der Waals surface area (Å²) in [5, 5.41) is 13.6. The number of nitrogens with zero attached hydrogens (tertiary/aromatic N) is 3. The van der Waals surface area contributed by atoms with Crippen LogP contribution in [0, 0.1) is 18.8 Å². The van der Waals surface area contributed by atoms with Crippen LogP contribution in [-0.2, 0) is 11.8 Å². The van der Waals surface area contributed by atoms with E-state index in [-0.39, 0.29) is 23.8 Å². The zero-order valence-electron chi connectivity index (χ0n) is 12.5. The molecule has 0 bridgehead atoms. The van der Waals surface area contributed by atoms with E-state index in [4.69, 9.17) is 0 Å². The molecular weight excluding hydrogens is 270 g/mol. The molecule has 114 valence electrons. The maximum atomic E-state index is 12.8. The number of carbonyl (C=O) groups is 2. The van der Waals surface area contributed by atoms with Crippen LogP contribution in [0.1, 0.15) is 41.9 Å². The fourth-order valence-electron chi connectivity index (χ4n) is 4.00. The number of aryl methyl sites for hydroxylation is 2. The van der Waals surface area contributed by atoms with E-state index in [1.54, 1.807) is 17.8 Å². The van der Waals surface area contributed by atoms with Gasteiger partial charge in [0.1, 0.15) is 5.69 Å². The molecule has 1 aliphatic carbocycles. The molecular formula is C15H21N3O3. The third-order valence-electron chi connectivity index (χ3n) is 4.93. The molecule has 1 aromatic rings. The van der Waals surface area contributed by atoms with Crippen LogP contribution < -0.4 is 0 Å². The zero-order valence-corrected chi connectivity index (χ0v) is 12.5. The molecule has 2 fully saturated rings. The summed E-state index contributed by atoms with van der Waals surface area (Å²) in [7, 11) is 1.77. The van der Waals surface area contributed by atoms with Crippen LogP contribution in [-0.4, -0.2) is 44.3 Å². The molecule has 1 saturated heterocycles. The Kier molecular flexibility index (Phi) is 3.47. The Labute approximate surface area is 123 Å². The first kappa shape index (κ1) is 14.1. The van der Waals surface area contributed by atoms with Crippen molar-refractivity contribution in [2.45, 2.75) is 38.6 Å². The molecule has 1 aliphatic heterocycles. The van der Waals surface area contributed by atoms with Gasteiger partial charge in [-0.1, -0.05) is 6.42 Å². The Bertz CT molecular complexity index is 581. The van der Waals surface area contributed by atoms with E-state index in [2.05, 4.69) is 5.10 Å². The molecule has 2 aliphatic rings. The molecule has 2 heterocycles. The highest BCUT2D eigenvalue weighted by Crippen LogP contribution is 2.41. The molecule has 21 heavy (non-hydrogen) atoms. The van der Waals surface area contributed by atoms with Crippen LogP contribution in [0.5, 0.6) is 0 Å². The standard InChI is InChI=1S/C15H21N3O3/c1-9-8-13(17(2)16-9)14(19)18-7-6-11(15(20)21)10-4-3-5-12(10)18/h8,10-12H,3-7H2,1-2H3,(H,20,21). The van der Waals surface area contributed by atoms with Crippen molar-refractivity contribution in [3.63, 3.8) is 0 Å². The van der Waals surface area contributed by atoms with Gasteiger partial charge in [0, 0.05) is 19.6 Å². The molecule has 3 unspecified atom stereocenters. The van der Waals surface area contributed by atoms with Crippen LogP contribution in [0.25, 0.3) is 0 Å². The number of aromatic nitrogens is 2. The van der Waals surface area contributed by atoms with Crippen molar-refractivity contribution in [1.29, 1.82) is 0 Å². The summed E-state index contributed by atoms with van der Waals surface area (Å²) in [6, 6.07) is 1.87. The minimum atomic E-state index is -0.713. The fraction of sp³-hybridized carbons (Fsp3) is 0.667. The Morgan fingerprint density at radius 3 is 2.71 bits per heavy atom. The van der Waals surface area contributed by atoms with E-state index in [9.17, 15) is 14.7 Å². The average molecular weight is 291 g/mol. The van der Waals surface area contributed by atoms with Crippen LogP contribution in [0.3, 0.4) is 0 Å². The lowest BCUT2D eigenvalue weighted by Gasteiger charge is -2.40. The van der Waals surface area contributed by atoms with Gasteiger partial charge in [-0.3, -0.25) is 14.3 Å². The van der Waals surface area contributed by atoms with Crippen molar-refractivity contribution in [1.82, 2.24) is 14.7 Å². The van der Waals surface area contributed by atoms with Gasteiger partial charge in [-0.05, 0) is 38.2 Å². The van der Waals surface area contributed by atoms with Gasteiger partial charge in [-0.2, -0.15) is 5.10 Å². The number of carbonyl (C=O) groups excluding carboxylic acids is 1. The van der Waals surface area contributed by atoms with Crippen molar-refractivity contribution in [2.24, 2.45) is 18.9 Å². The number of aliphatic carboxylic acids is 1. The van der Waals surface area contributed by atoms with E-state index < -0.39 is 5.97 Å². The largest absolute Gasteiger partial charge is 0.481 e. The maximum Gasteiger partial charge on any atom is 0.306 e. The quantitative estimate of drug-likeness (QED) is 0.894. The molecule has 1 amide bonds. The van der Waals surface area contributed by atoms with Gasteiger partial charge in [0.15, 0.2) is 0 Å². The summed E-state index contributed by atoms with van der Waals surface area (Å²) in [4.78, 5) is 26.0. The van der Waals surface area contributed by atoms with Crippen molar-refractivity contribution >= 4 is 11.9 Å². The number of carboxylic acid groups (broad SMARTS) is 1. The second-order valence-electron chi connectivity index (χ2n) is 6.19.